The van der Waals surface area contributed by atoms with Crippen LogP contribution < -0.4 is 5.32 Å². The van der Waals surface area contributed by atoms with Crippen molar-refractivity contribution in [1.82, 2.24) is 20.1 Å². The summed E-state index contributed by atoms with van der Waals surface area (Å²) in [4.78, 5) is 15.0. The Balaban J connectivity index is 1.71. The predicted molar refractivity (Wildman–Crippen MR) is 94.2 cm³/mol. The number of nitrogens with zero attached hydrogens (tertiary/aromatic N) is 2. The average Bonchev–Trinajstić information content (AvgIpc) is 3.11. The molecule has 2 aromatic heterocycles. The summed E-state index contributed by atoms with van der Waals surface area (Å²) in [5.74, 6) is -0.184. The van der Waals surface area contributed by atoms with E-state index in [1.54, 1.807) is 12.3 Å². The van der Waals surface area contributed by atoms with Crippen LogP contribution in [0.1, 0.15) is 33.0 Å². The quantitative estimate of drug-likeness (QED) is 0.745. The first kappa shape index (κ1) is 16.3. The summed E-state index contributed by atoms with van der Waals surface area (Å²) in [6.45, 7) is 5.13. The van der Waals surface area contributed by atoms with E-state index in [1.807, 2.05) is 36.7 Å². The summed E-state index contributed by atoms with van der Waals surface area (Å²) in [7, 11) is 0. The minimum Gasteiger partial charge on any atom is -0.356 e. The van der Waals surface area contributed by atoms with E-state index in [0.717, 1.165) is 17.0 Å². The predicted octanol–water partition coefficient (Wildman–Crippen LogP) is 3.46. The lowest BCUT2D eigenvalue weighted by atomic mass is 10.2. The molecule has 0 fully saturated rings. The molecule has 5 nitrogen and oxygen atoms in total. The molecule has 0 aliphatic rings. The van der Waals surface area contributed by atoms with Gasteiger partial charge in [-0.2, -0.15) is 5.10 Å². The van der Waals surface area contributed by atoms with E-state index in [0.29, 0.717) is 23.8 Å². The number of aromatic amines is 1. The Bertz CT molecular complexity index is 851. The van der Waals surface area contributed by atoms with Crippen LogP contribution in [0.5, 0.6) is 0 Å². The third kappa shape index (κ3) is 3.51. The van der Waals surface area contributed by atoms with Crippen LogP contribution in [0.25, 0.3) is 0 Å². The number of benzene rings is 1. The number of H-pyrrole nitrogens is 1. The van der Waals surface area contributed by atoms with Gasteiger partial charge >= 0.3 is 0 Å². The largest absolute Gasteiger partial charge is 0.356 e. The van der Waals surface area contributed by atoms with Gasteiger partial charge in [-0.25, -0.2) is 0 Å². The van der Waals surface area contributed by atoms with Gasteiger partial charge in [-0.15, -0.1) is 0 Å². The maximum absolute atomic E-state index is 12.1. The van der Waals surface area contributed by atoms with Crippen LogP contribution in [0, 0.1) is 13.8 Å². The lowest BCUT2D eigenvalue weighted by molar-refractivity contribution is 0.0946. The number of amides is 1. The third-order valence-electron chi connectivity index (χ3n) is 4.02. The Hall–Kier alpha value is -2.53. The molecule has 0 spiro atoms. The van der Waals surface area contributed by atoms with Gasteiger partial charge in [-0.3, -0.25) is 9.48 Å². The average molecular weight is 343 g/mol. The number of carbonyl (C=O) groups excluding carboxylic acids is 1. The van der Waals surface area contributed by atoms with Gasteiger partial charge in [-0.1, -0.05) is 41.9 Å². The van der Waals surface area contributed by atoms with Gasteiger partial charge in [0.05, 0.1) is 17.3 Å². The van der Waals surface area contributed by atoms with Crippen LogP contribution in [-0.2, 0) is 13.1 Å². The van der Waals surface area contributed by atoms with Crippen molar-refractivity contribution < 1.29 is 4.79 Å². The highest BCUT2D eigenvalue weighted by molar-refractivity contribution is 6.30. The zero-order valence-electron chi connectivity index (χ0n) is 13.6. The molecule has 0 radical (unpaired) electrons. The second kappa shape index (κ2) is 6.93. The molecule has 0 bridgehead atoms. The molecule has 2 N–H and O–H groups in total. The number of aromatic nitrogens is 3. The Morgan fingerprint density at radius 2 is 2.04 bits per heavy atom. The van der Waals surface area contributed by atoms with Gasteiger partial charge in [0.25, 0.3) is 5.91 Å². The number of nitrogens with one attached hydrogen (secondary N) is 2. The Morgan fingerprint density at radius 3 is 2.71 bits per heavy atom. The minimum atomic E-state index is -0.184. The van der Waals surface area contributed by atoms with Crippen molar-refractivity contribution in [2.45, 2.75) is 26.9 Å². The van der Waals surface area contributed by atoms with E-state index < -0.39 is 0 Å². The molecule has 0 aliphatic carbocycles. The van der Waals surface area contributed by atoms with Crippen molar-refractivity contribution in [2.75, 3.05) is 0 Å². The first-order chi connectivity index (χ1) is 11.5. The van der Waals surface area contributed by atoms with Crippen molar-refractivity contribution >= 4 is 17.5 Å². The van der Waals surface area contributed by atoms with E-state index in [9.17, 15) is 4.79 Å². The molecular formula is C18H19ClN4O. The van der Waals surface area contributed by atoms with Crippen molar-refractivity contribution in [3.63, 3.8) is 0 Å². The van der Waals surface area contributed by atoms with Gasteiger partial charge in [0.1, 0.15) is 5.69 Å². The van der Waals surface area contributed by atoms with E-state index in [1.165, 1.54) is 5.56 Å². The summed E-state index contributed by atoms with van der Waals surface area (Å²) in [5.41, 5.74) is 4.66. The van der Waals surface area contributed by atoms with E-state index in [2.05, 4.69) is 27.5 Å². The van der Waals surface area contributed by atoms with E-state index in [4.69, 9.17) is 11.6 Å². The van der Waals surface area contributed by atoms with Crippen molar-refractivity contribution in [1.29, 1.82) is 0 Å². The Labute approximate surface area is 145 Å². The lowest BCUT2D eigenvalue weighted by Gasteiger charge is -2.07. The molecule has 0 atom stereocenters. The van der Waals surface area contributed by atoms with Crippen molar-refractivity contribution in [3.05, 3.63) is 75.8 Å². The molecule has 1 amide bonds. The SMILES string of the molecule is Cc1nn(Cc2ccccc2)c(C)c1CNC(=O)c1cc(Cl)c[nH]1. The molecular weight excluding hydrogens is 324 g/mol. The summed E-state index contributed by atoms with van der Waals surface area (Å²) in [5, 5.41) is 8.02. The fourth-order valence-electron chi connectivity index (χ4n) is 2.66. The molecule has 0 saturated heterocycles. The number of hydrogen-bond acceptors (Lipinski definition) is 2. The highest BCUT2D eigenvalue weighted by Crippen LogP contribution is 2.15. The van der Waals surface area contributed by atoms with Crippen LogP contribution >= 0.6 is 11.6 Å². The summed E-state index contributed by atoms with van der Waals surface area (Å²) in [6, 6.07) is 11.8. The monoisotopic (exact) mass is 342 g/mol. The first-order valence-electron chi connectivity index (χ1n) is 7.73. The van der Waals surface area contributed by atoms with Gasteiger partial charge in [0.15, 0.2) is 0 Å². The first-order valence-corrected chi connectivity index (χ1v) is 8.11. The van der Waals surface area contributed by atoms with Gasteiger partial charge < -0.3 is 10.3 Å². The minimum absolute atomic E-state index is 0.184. The maximum atomic E-state index is 12.1. The van der Waals surface area contributed by atoms with Crippen LogP contribution in [0.2, 0.25) is 5.02 Å². The van der Waals surface area contributed by atoms with E-state index >= 15 is 0 Å². The molecule has 1 aromatic carbocycles. The number of hydrogen-bond donors (Lipinski definition) is 2. The molecule has 0 aliphatic heterocycles. The zero-order valence-corrected chi connectivity index (χ0v) is 14.4. The highest BCUT2D eigenvalue weighted by Gasteiger charge is 2.14. The lowest BCUT2D eigenvalue weighted by Crippen LogP contribution is -2.23. The fourth-order valence-corrected chi connectivity index (χ4v) is 2.83. The topological polar surface area (TPSA) is 62.7 Å². The molecule has 6 heteroatoms. The fraction of sp³-hybridized carbons (Fsp3) is 0.222. The van der Waals surface area contributed by atoms with Crippen molar-refractivity contribution in [3.8, 4) is 0 Å². The maximum Gasteiger partial charge on any atom is 0.268 e. The standard InChI is InChI=1S/C18H19ClN4O/c1-12-16(10-21-18(24)17-8-15(19)9-20-17)13(2)23(22-12)11-14-6-4-3-5-7-14/h3-9,20H,10-11H2,1-2H3,(H,21,24). The molecule has 2 heterocycles. The second-order valence-corrected chi connectivity index (χ2v) is 6.14. The normalized spacial score (nSPS) is 10.8. The summed E-state index contributed by atoms with van der Waals surface area (Å²) in [6.07, 6.45) is 1.59. The highest BCUT2D eigenvalue weighted by atomic mass is 35.5. The molecule has 24 heavy (non-hydrogen) atoms. The van der Waals surface area contributed by atoms with E-state index in [-0.39, 0.29) is 5.91 Å². The van der Waals surface area contributed by atoms with Crippen LogP contribution in [0.4, 0.5) is 0 Å². The van der Waals surface area contributed by atoms with Crippen LogP contribution in [0.3, 0.4) is 0 Å². The zero-order chi connectivity index (χ0) is 17.1. The number of halogens is 1. The molecule has 3 rings (SSSR count). The Morgan fingerprint density at radius 1 is 1.29 bits per heavy atom. The smallest absolute Gasteiger partial charge is 0.268 e. The molecule has 0 saturated carbocycles. The van der Waals surface area contributed by atoms with Gasteiger partial charge in [-0.05, 0) is 25.5 Å². The number of rotatable bonds is 5. The third-order valence-corrected chi connectivity index (χ3v) is 4.24. The number of carbonyl (C=O) groups is 1. The summed E-state index contributed by atoms with van der Waals surface area (Å²) < 4.78 is 1.97. The van der Waals surface area contributed by atoms with Gasteiger partial charge in [0.2, 0.25) is 0 Å². The van der Waals surface area contributed by atoms with Crippen molar-refractivity contribution in [2.24, 2.45) is 0 Å². The number of aryl methyl sites for hydroxylation is 1. The van der Waals surface area contributed by atoms with Gasteiger partial charge in [0, 0.05) is 24.0 Å². The molecule has 0 unspecified atom stereocenters. The molecule has 124 valence electrons. The Kier molecular flexibility index (Phi) is 4.71. The van der Waals surface area contributed by atoms with Crippen LogP contribution in [0.15, 0.2) is 42.6 Å². The van der Waals surface area contributed by atoms with Crippen LogP contribution in [-0.4, -0.2) is 20.7 Å². The second-order valence-electron chi connectivity index (χ2n) is 5.71. The summed E-state index contributed by atoms with van der Waals surface area (Å²) >= 11 is 5.83. The molecule has 3 aromatic rings.